The first-order valence-electron chi connectivity index (χ1n) is 6.12. The second-order valence-corrected chi connectivity index (χ2v) is 4.37. The summed E-state index contributed by atoms with van der Waals surface area (Å²) >= 11 is 0. The number of anilines is 1. The van der Waals surface area contributed by atoms with Crippen LogP contribution in [0.5, 0.6) is 0 Å². The van der Waals surface area contributed by atoms with Gasteiger partial charge in [0.15, 0.2) is 11.5 Å². The molecule has 0 aliphatic rings. The molecular weight excluding hydrogens is 273 g/mol. The van der Waals surface area contributed by atoms with Crippen molar-refractivity contribution in [3.8, 4) is 11.4 Å². The summed E-state index contributed by atoms with van der Waals surface area (Å²) in [5.74, 6) is -1.12. The minimum Gasteiger partial charge on any atom is -0.464 e. The fourth-order valence-corrected chi connectivity index (χ4v) is 1.86. The van der Waals surface area contributed by atoms with Gasteiger partial charge >= 0.3 is 5.97 Å². The number of halogens is 1. The van der Waals surface area contributed by atoms with Gasteiger partial charge in [-0.2, -0.15) is 0 Å². The number of rotatable bonds is 3. The van der Waals surface area contributed by atoms with Crippen molar-refractivity contribution >= 4 is 17.9 Å². The standard InChI is InChI=1S/C15H14FN3O2/c1-4-9-12(15(20)21-3)18-14(19-13(9)17)10-6-5-8(2)7-11(10)16/h4-7H,1H2,2-3H3,(H2,17,18,19). The summed E-state index contributed by atoms with van der Waals surface area (Å²) in [5.41, 5.74) is 6.93. The molecule has 2 aromatic rings. The van der Waals surface area contributed by atoms with Gasteiger partial charge in [-0.3, -0.25) is 0 Å². The van der Waals surface area contributed by atoms with Crippen LogP contribution < -0.4 is 5.73 Å². The molecule has 6 heteroatoms. The highest BCUT2D eigenvalue weighted by Crippen LogP contribution is 2.24. The van der Waals surface area contributed by atoms with Gasteiger partial charge in [0.1, 0.15) is 11.6 Å². The monoisotopic (exact) mass is 287 g/mol. The van der Waals surface area contributed by atoms with E-state index in [0.29, 0.717) is 0 Å². The SMILES string of the molecule is C=Cc1c(N)nc(-c2ccc(C)cc2F)nc1C(=O)OC. The Labute approximate surface area is 121 Å². The molecule has 0 amide bonds. The summed E-state index contributed by atoms with van der Waals surface area (Å²) < 4.78 is 18.7. The molecule has 0 fully saturated rings. The number of carbonyl (C=O) groups excluding carboxylic acids is 1. The third kappa shape index (κ3) is 2.74. The van der Waals surface area contributed by atoms with Gasteiger partial charge in [-0.25, -0.2) is 19.2 Å². The Morgan fingerprint density at radius 3 is 2.71 bits per heavy atom. The Morgan fingerprint density at radius 1 is 1.43 bits per heavy atom. The van der Waals surface area contributed by atoms with Gasteiger partial charge in [0, 0.05) is 5.56 Å². The number of aromatic nitrogens is 2. The van der Waals surface area contributed by atoms with Crippen molar-refractivity contribution in [2.24, 2.45) is 0 Å². The Kier molecular flexibility index (Phi) is 3.98. The van der Waals surface area contributed by atoms with Crippen LogP contribution in [-0.4, -0.2) is 23.0 Å². The van der Waals surface area contributed by atoms with Crippen LogP contribution >= 0.6 is 0 Å². The fraction of sp³-hybridized carbons (Fsp3) is 0.133. The normalized spacial score (nSPS) is 10.2. The van der Waals surface area contributed by atoms with Gasteiger partial charge in [0.05, 0.1) is 12.7 Å². The zero-order valence-electron chi connectivity index (χ0n) is 11.7. The highest BCUT2D eigenvalue weighted by molar-refractivity contribution is 5.93. The van der Waals surface area contributed by atoms with Crippen molar-refractivity contribution in [2.75, 3.05) is 12.8 Å². The second kappa shape index (κ2) is 5.70. The summed E-state index contributed by atoms with van der Waals surface area (Å²) in [6.45, 7) is 5.33. The van der Waals surface area contributed by atoms with Crippen molar-refractivity contribution in [1.82, 2.24) is 9.97 Å². The van der Waals surface area contributed by atoms with Crippen LogP contribution in [0, 0.1) is 12.7 Å². The van der Waals surface area contributed by atoms with Crippen molar-refractivity contribution in [3.05, 3.63) is 47.4 Å². The molecule has 2 rings (SSSR count). The van der Waals surface area contributed by atoms with Crippen LogP contribution in [0.1, 0.15) is 21.6 Å². The van der Waals surface area contributed by atoms with Gasteiger partial charge in [-0.05, 0) is 24.6 Å². The van der Waals surface area contributed by atoms with Crippen LogP contribution in [-0.2, 0) is 4.74 Å². The number of carbonyl (C=O) groups is 1. The van der Waals surface area contributed by atoms with Crippen molar-refractivity contribution in [3.63, 3.8) is 0 Å². The fourth-order valence-electron chi connectivity index (χ4n) is 1.86. The number of hydrogen-bond acceptors (Lipinski definition) is 5. The molecule has 0 unspecified atom stereocenters. The van der Waals surface area contributed by atoms with E-state index in [9.17, 15) is 9.18 Å². The van der Waals surface area contributed by atoms with E-state index >= 15 is 0 Å². The average molecular weight is 287 g/mol. The molecule has 1 aromatic carbocycles. The third-order valence-corrected chi connectivity index (χ3v) is 2.92. The summed E-state index contributed by atoms with van der Waals surface area (Å²) in [6, 6.07) is 4.61. The number of aryl methyl sites for hydroxylation is 1. The van der Waals surface area contributed by atoms with Crippen molar-refractivity contribution < 1.29 is 13.9 Å². The van der Waals surface area contributed by atoms with Gasteiger partial charge in [0.2, 0.25) is 0 Å². The molecule has 0 atom stereocenters. The zero-order chi connectivity index (χ0) is 15.6. The average Bonchev–Trinajstić information content (AvgIpc) is 2.45. The first kappa shape index (κ1) is 14.6. The number of esters is 1. The van der Waals surface area contributed by atoms with Crippen LogP contribution in [0.3, 0.4) is 0 Å². The number of nitrogens with zero attached hydrogens (tertiary/aromatic N) is 2. The number of nitrogens with two attached hydrogens (primary N) is 1. The highest BCUT2D eigenvalue weighted by atomic mass is 19.1. The molecular formula is C15H14FN3O2. The Bertz CT molecular complexity index is 729. The number of ether oxygens (including phenoxy) is 1. The largest absolute Gasteiger partial charge is 0.464 e. The highest BCUT2D eigenvalue weighted by Gasteiger charge is 2.19. The Balaban J connectivity index is 2.68. The topological polar surface area (TPSA) is 78.1 Å². The summed E-state index contributed by atoms with van der Waals surface area (Å²) in [5, 5.41) is 0. The number of nitrogen functional groups attached to an aromatic ring is 1. The third-order valence-electron chi connectivity index (χ3n) is 2.92. The van der Waals surface area contributed by atoms with E-state index in [1.54, 1.807) is 13.0 Å². The molecule has 0 aliphatic heterocycles. The van der Waals surface area contributed by atoms with Crippen molar-refractivity contribution in [1.29, 1.82) is 0 Å². The van der Waals surface area contributed by atoms with E-state index in [-0.39, 0.29) is 28.5 Å². The summed E-state index contributed by atoms with van der Waals surface area (Å²) in [6.07, 6.45) is 1.36. The van der Waals surface area contributed by atoms with Crippen LogP contribution in [0.4, 0.5) is 10.2 Å². The quantitative estimate of drug-likeness (QED) is 0.878. The number of methoxy groups -OCH3 is 1. The van der Waals surface area contributed by atoms with Gasteiger partial charge < -0.3 is 10.5 Å². The Hall–Kier alpha value is -2.76. The first-order chi connectivity index (χ1) is 9.97. The maximum Gasteiger partial charge on any atom is 0.357 e. The van der Waals surface area contributed by atoms with Crippen molar-refractivity contribution in [2.45, 2.75) is 6.92 Å². The maximum absolute atomic E-state index is 14.0. The van der Waals surface area contributed by atoms with Crippen LogP contribution in [0.15, 0.2) is 24.8 Å². The molecule has 0 bridgehead atoms. The van der Waals surface area contributed by atoms with Gasteiger partial charge in [-0.15, -0.1) is 0 Å². The predicted molar refractivity (Wildman–Crippen MR) is 78.0 cm³/mol. The minimum atomic E-state index is -0.687. The van der Waals surface area contributed by atoms with Gasteiger partial charge in [-0.1, -0.05) is 18.7 Å². The zero-order valence-corrected chi connectivity index (χ0v) is 11.7. The van der Waals surface area contributed by atoms with Crippen LogP contribution in [0.2, 0.25) is 0 Å². The van der Waals surface area contributed by atoms with E-state index in [1.807, 2.05) is 0 Å². The first-order valence-corrected chi connectivity index (χ1v) is 6.12. The predicted octanol–water partition coefficient (Wildman–Crippen LogP) is 2.60. The Morgan fingerprint density at radius 2 is 2.14 bits per heavy atom. The lowest BCUT2D eigenvalue weighted by Gasteiger charge is -2.09. The molecule has 0 saturated heterocycles. The molecule has 0 aliphatic carbocycles. The van der Waals surface area contributed by atoms with E-state index in [2.05, 4.69) is 21.3 Å². The second-order valence-electron chi connectivity index (χ2n) is 4.37. The molecule has 5 nitrogen and oxygen atoms in total. The molecule has 2 N–H and O–H groups in total. The minimum absolute atomic E-state index is 0.0241. The number of benzene rings is 1. The lowest BCUT2D eigenvalue weighted by atomic mass is 10.1. The van der Waals surface area contributed by atoms with E-state index < -0.39 is 11.8 Å². The van der Waals surface area contributed by atoms with Crippen LogP contribution in [0.25, 0.3) is 17.5 Å². The number of hydrogen-bond donors (Lipinski definition) is 1. The molecule has 1 aromatic heterocycles. The van der Waals surface area contributed by atoms with Gasteiger partial charge in [0.25, 0.3) is 0 Å². The molecule has 0 radical (unpaired) electrons. The molecule has 108 valence electrons. The smallest absolute Gasteiger partial charge is 0.357 e. The van der Waals surface area contributed by atoms with E-state index in [4.69, 9.17) is 5.73 Å². The van der Waals surface area contributed by atoms with E-state index in [1.165, 1.54) is 25.3 Å². The summed E-state index contributed by atoms with van der Waals surface area (Å²) in [4.78, 5) is 19.8. The lowest BCUT2D eigenvalue weighted by molar-refractivity contribution is 0.0593. The maximum atomic E-state index is 14.0. The van der Waals surface area contributed by atoms with E-state index in [0.717, 1.165) is 5.56 Å². The molecule has 21 heavy (non-hydrogen) atoms. The summed E-state index contributed by atoms with van der Waals surface area (Å²) in [7, 11) is 1.22. The molecule has 0 saturated carbocycles. The lowest BCUT2D eigenvalue weighted by Crippen LogP contribution is -2.12. The molecule has 1 heterocycles. The molecule has 0 spiro atoms.